The molecule has 0 bridgehead atoms. The van der Waals surface area contributed by atoms with E-state index in [1.165, 1.54) is 12.3 Å². The quantitative estimate of drug-likeness (QED) is 0.778. The van der Waals surface area contributed by atoms with E-state index in [2.05, 4.69) is 4.98 Å². The van der Waals surface area contributed by atoms with E-state index in [1.54, 1.807) is 18.1 Å². The predicted molar refractivity (Wildman–Crippen MR) is 74.0 cm³/mol. The first-order valence-electron chi connectivity index (χ1n) is 6.35. The van der Waals surface area contributed by atoms with Crippen LogP contribution in [-0.2, 0) is 9.31 Å². The number of rotatable bonds is 2. The minimum absolute atomic E-state index is 0.210. The van der Waals surface area contributed by atoms with Crippen molar-refractivity contribution in [2.24, 2.45) is 0 Å². The van der Waals surface area contributed by atoms with Gasteiger partial charge in [0.05, 0.1) is 11.2 Å². The van der Waals surface area contributed by atoms with Gasteiger partial charge in [-0.05, 0) is 39.3 Å². The Balaban J connectivity index is 2.12. The van der Waals surface area contributed by atoms with E-state index in [-0.39, 0.29) is 5.69 Å². The summed E-state index contributed by atoms with van der Waals surface area (Å²) in [7, 11) is -0.487. The van der Waals surface area contributed by atoms with Crippen molar-refractivity contribution in [3.8, 4) is 6.07 Å². The average Bonchev–Trinajstić information content (AvgIpc) is 2.55. The first-order valence-corrected chi connectivity index (χ1v) is 6.35. The normalized spacial score (nSPS) is 20.3. The number of nitrogens with zero attached hydrogens (tertiary/aromatic N) is 2. The predicted octanol–water partition coefficient (Wildman–Crippen LogP) is 2.74. The molecular formula is C14H16BFN2O2. The maximum Gasteiger partial charge on any atom is 0.487 e. The lowest BCUT2D eigenvalue weighted by atomic mass is 9.89. The van der Waals surface area contributed by atoms with Crippen LogP contribution in [0, 0.1) is 17.1 Å². The number of aromatic nitrogens is 1. The molecule has 1 aliphatic heterocycles. The van der Waals surface area contributed by atoms with Gasteiger partial charge in [0, 0.05) is 6.20 Å². The molecule has 0 spiro atoms. The van der Waals surface area contributed by atoms with Gasteiger partial charge in [0.25, 0.3) is 0 Å². The lowest BCUT2D eigenvalue weighted by molar-refractivity contribution is 0.00578. The fraction of sp³-hybridized carbons (Fsp3) is 0.429. The molecule has 0 N–H and O–H groups in total. The number of pyridine rings is 1. The van der Waals surface area contributed by atoms with Crippen LogP contribution in [0.3, 0.4) is 0 Å². The van der Waals surface area contributed by atoms with Crippen LogP contribution in [-0.4, -0.2) is 23.3 Å². The molecule has 0 unspecified atom stereocenters. The summed E-state index contributed by atoms with van der Waals surface area (Å²) in [4.78, 5) is 3.73. The Labute approximate surface area is 118 Å². The van der Waals surface area contributed by atoms with Crippen molar-refractivity contribution >= 4 is 13.2 Å². The second kappa shape index (κ2) is 5.00. The Morgan fingerprint density at radius 1 is 1.30 bits per heavy atom. The molecule has 1 aromatic heterocycles. The second-order valence-corrected chi connectivity index (χ2v) is 5.69. The largest absolute Gasteiger partial charge is 0.487 e. The highest BCUT2D eigenvalue weighted by Gasteiger charge is 2.49. The standard InChI is InChI=1S/C14H16BFN2O2/c1-13(2)14(3,4)20-15(19-13)6-5-10-7-11(16)12(8-17)18-9-10/h5-7,9H,1-4H3/b6-5+. The Kier molecular flexibility index (Phi) is 3.68. The summed E-state index contributed by atoms with van der Waals surface area (Å²) in [6.07, 6.45) is 3.10. The Morgan fingerprint density at radius 3 is 2.40 bits per heavy atom. The molecule has 2 heterocycles. The number of nitriles is 1. The summed E-state index contributed by atoms with van der Waals surface area (Å²) < 4.78 is 25.0. The van der Waals surface area contributed by atoms with Gasteiger partial charge in [0.2, 0.25) is 0 Å². The van der Waals surface area contributed by atoms with E-state index in [0.29, 0.717) is 5.56 Å². The van der Waals surface area contributed by atoms with Crippen molar-refractivity contribution in [2.75, 3.05) is 0 Å². The molecule has 0 aromatic carbocycles. The maximum absolute atomic E-state index is 13.4. The van der Waals surface area contributed by atoms with Crippen molar-refractivity contribution in [3.05, 3.63) is 35.3 Å². The zero-order valence-corrected chi connectivity index (χ0v) is 12.0. The highest BCUT2D eigenvalue weighted by atomic mass is 19.1. The molecule has 4 nitrogen and oxygen atoms in total. The van der Waals surface area contributed by atoms with Crippen molar-refractivity contribution in [2.45, 2.75) is 38.9 Å². The summed E-state index contributed by atoms with van der Waals surface area (Å²) >= 11 is 0. The van der Waals surface area contributed by atoms with Gasteiger partial charge in [-0.15, -0.1) is 0 Å². The van der Waals surface area contributed by atoms with Crippen LogP contribution in [0.2, 0.25) is 0 Å². The molecular weight excluding hydrogens is 258 g/mol. The molecule has 1 aromatic rings. The number of hydrogen-bond acceptors (Lipinski definition) is 4. The monoisotopic (exact) mass is 274 g/mol. The molecule has 0 aliphatic carbocycles. The number of hydrogen-bond donors (Lipinski definition) is 0. The van der Waals surface area contributed by atoms with Crippen molar-refractivity contribution in [1.29, 1.82) is 5.26 Å². The molecule has 1 fully saturated rings. The van der Waals surface area contributed by atoms with Crippen LogP contribution in [0.1, 0.15) is 39.0 Å². The second-order valence-electron chi connectivity index (χ2n) is 5.69. The zero-order chi connectivity index (χ0) is 15.0. The first-order chi connectivity index (χ1) is 9.25. The summed E-state index contributed by atoms with van der Waals surface area (Å²) in [5.74, 6) is 1.07. The van der Waals surface area contributed by atoms with Gasteiger partial charge >= 0.3 is 7.12 Å². The van der Waals surface area contributed by atoms with Gasteiger partial charge in [-0.1, -0.05) is 12.1 Å². The van der Waals surface area contributed by atoms with Gasteiger partial charge in [-0.3, -0.25) is 0 Å². The minimum Gasteiger partial charge on any atom is -0.400 e. The third-order valence-electron chi connectivity index (χ3n) is 3.69. The maximum atomic E-state index is 13.4. The zero-order valence-electron chi connectivity index (χ0n) is 12.0. The van der Waals surface area contributed by atoms with Crippen molar-refractivity contribution < 1.29 is 13.7 Å². The molecule has 0 saturated carbocycles. The topological polar surface area (TPSA) is 55.1 Å². The fourth-order valence-electron chi connectivity index (χ4n) is 1.78. The van der Waals surface area contributed by atoms with E-state index >= 15 is 0 Å². The highest BCUT2D eigenvalue weighted by molar-refractivity contribution is 6.52. The molecule has 6 heteroatoms. The Hall–Kier alpha value is -1.71. The van der Waals surface area contributed by atoms with Crippen LogP contribution in [0.4, 0.5) is 4.39 Å². The van der Waals surface area contributed by atoms with E-state index < -0.39 is 24.1 Å². The molecule has 1 saturated heterocycles. The van der Waals surface area contributed by atoms with E-state index in [4.69, 9.17) is 14.6 Å². The third-order valence-corrected chi connectivity index (χ3v) is 3.69. The average molecular weight is 274 g/mol. The lowest BCUT2D eigenvalue weighted by Gasteiger charge is -2.32. The Bertz CT molecular complexity index is 577. The molecule has 20 heavy (non-hydrogen) atoms. The summed E-state index contributed by atoms with van der Waals surface area (Å²) in [5, 5.41) is 8.62. The molecule has 0 radical (unpaired) electrons. The van der Waals surface area contributed by atoms with Gasteiger partial charge in [-0.2, -0.15) is 5.26 Å². The molecule has 104 valence electrons. The van der Waals surface area contributed by atoms with Crippen LogP contribution >= 0.6 is 0 Å². The van der Waals surface area contributed by atoms with E-state index in [0.717, 1.165) is 0 Å². The summed E-state index contributed by atoms with van der Waals surface area (Å²) in [5.41, 5.74) is -0.471. The molecule has 2 rings (SSSR count). The SMILES string of the molecule is CC1(C)OB(/C=C/c2cnc(C#N)c(F)c2)OC1(C)C. The molecule has 0 amide bonds. The highest BCUT2D eigenvalue weighted by Crippen LogP contribution is 2.36. The fourth-order valence-corrected chi connectivity index (χ4v) is 1.78. The summed E-state index contributed by atoms with van der Waals surface area (Å²) in [6.45, 7) is 7.85. The lowest BCUT2D eigenvalue weighted by Crippen LogP contribution is -2.41. The van der Waals surface area contributed by atoms with Crippen LogP contribution < -0.4 is 0 Å². The third kappa shape index (κ3) is 2.74. The van der Waals surface area contributed by atoms with Crippen LogP contribution in [0.25, 0.3) is 6.08 Å². The van der Waals surface area contributed by atoms with Gasteiger partial charge < -0.3 is 9.31 Å². The van der Waals surface area contributed by atoms with Gasteiger partial charge in [0.15, 0.2) is 11.5 Å². The van der Waals surface area contributed by atoms with Crippen LogP contribution in [0.15, 0.2) is 18.2 Å². The van der Waals surface area contributed by atoms with Crippen LogP contribution in [0.5, 0.6) is 0 Å². The van der Waals surface area contributed by atoms with Gasteiger partial charge in [-0.25, -0.2) is 9.37 Å². The Morgan fingerprint density at radius 2 is 1.90 bits per heavy atom. The smallest absolute Gasteiger partial charge is 0.400 e. The van der Waals surface area contributed by atoms with Crippen molar-refractivity contribution in [1.82, 2.24) is 4.98 Å². The number of halogens is 1. The summed E-state index contributed by atoms with van der Waals surface area (Å²) in [6, 6.07) is 2.94. The van der Waals surface area contributed by atoms with E-state index in [9.17, 15) is 4.39 Å². The van der Waals surface area contributed by atoms with Gasteiger partial charge in [0.1, 0.15) is 6.07 Å². The molecule has 1 aliphatic rings. The van der Waals surface area contributed by atoms with Crippen molar-refractivity contribution in [3.63, 3.8) is 0 Å². The minimum atomic E-state index is -0.636. The van der Waals surface area contributed by atoms with E-state index in [1.807, 2.05) is 27.7 Å². The first kappa shape index (κ1) is 14.7. The molecule has 0 atom stereocenters.